The molecule has 0 bridgehead atoms. The van der Waals surface area contributed by atoms with Gasteiger partial charge in [-0.2, -0.15) is 0 Å². The smallest absolute Gasteiger partial charge is 0.230 e. The zero-order chi connectivity index (χ0) is 11.8. The fourth-order valence-corrected chi connectivity index (χ4v) is 2.18. The average Bonchev–Trinajstić information content (AvgIpc) is 2.26. The van der Waals surface area contributed by atoms with Gasteiger partial charge in [-0.05, 0) is 18.9 Å². The summed E-state index contributed by atoms with van der Waals surface area (Å²) >= 11 is 1.66. The molecule has 0 saturated heterocycles. The summed E-state index contributed by atoms with van der Waals surface area (Å²) in [6.45, 7) is 4.92. The number of carbonyl (C=O) groups is 1. The summed E-state index contributed by atoms with van der Waals surface area (Å²) < 4.78 is 0. The summed E-state index contributed by atoms with van der Waals surface area (Å²) in [6.07, 6.45) is 0.994. The lowest BCUT2D eigenvalue weighted by atomic mass is 10.2. The van der Waals surface area contributed by atoms with Crippen molar-refractivity contribution >= 4 is 17.7 Å². The molecule has 88 valence electrons. The van der Waals surface area contributed by atoms with E-state index >= 15 is 0 Å². The Balaban J connectivity index is 2.22. The molecule has 0 aliphatic rings. The van der Waals surface area contributed by atoms with Crippen molar-refractivity contribution in [1.82, 2.24) is 5.32 Å². The summed E-state index contributed by atoms with van der Waals surface area (Å²) in [5.74, 6) is 1.59. The molecule has 0 aliphatic heterocycles. The third-order valence-corrected chi connectivity index (χ3v) is 3.16. The van der Waals surface area contributed by atoms with Crippen LogP contribution in [-0.4, -0.2) is 18.2 Å². The Morgan fingerprint density at radius 3 is 2.94 bits per heavy atom. The fourth-order valence-electron chi connectivity index (χ4n) is 1.38. The number of nitrogens with one attached hydrogen (secondary N) is 1. The maximum absolute atomic E-state index is 11.3. The largest absolute Gasteiger partial charge is 0.355 e. The van der Waals surface area contributed by atoms with Crippen molar-refractivity contribution in [2.75, 3.05) is 12.3 Å². The molecule has 1 amide bonds. The Morgan fingerprint density at radius 2 is 2.25 bits per heavy atom. The molecule has 0 radical (unpaired) electrons. The van der Waals surface area contributed by atoms with Crippen molar-refractivity contribution in [3.8, 4) is 0 Å². The van der Waals surface area contributed by atoms with Gasteiger partial charge in [-0.3, -0.25) is 4.79 Å². The Bertz CT molecular complexity index is 338. The lowest BCUT2D eigenvalue weighted by Crippen LogP contribution is -2.25. The van der Waals surface area contributed by atoms with Crippen LogP contribution >= 0.6 is 11.8 Å². The van der Waals surface area contributed by atoms with Crippen molar-refractivity contribution < 1.29 is 4.79 Å². The molecule has 1 N–H and O–H groups in total. The van der Waals surface area contributed by atoms with E-state index in [-0.39, 0.29) is 5.91 Å². The number of benzene rings is 1. The lowest BCUT2D eigenvalue weighted by molar-refractivity contribution is -0.118. The van der Waals surface area contributed by atoms with Crippen molar-refractivity contribution in [3.63, 3.8) is 0 Å². The molecule has 0 unspecified atom stereocenters. The first kappa shape index (κ1) is 13.1. The number of carbonyl (C=O) groups excluding carboxylic acids is 1. The predicted octanol–water partition coefficient (Wildman–Crippen LogP) is 2.75. The Labute approximate surface area is 102 Å². The second-order valence-electron chi connectivity index (χ2n) is 3.83. The molecular formula is C13H19NOS. The number of hydrogen-bond acceptors (Lipinski definition) is 2. The van der Waals surface area contributed by atoms with E-state index < -0.39 is 0 Å². The molecule has 2 nitrogen and oxygen atoms in total. The van der Waals surface area contributed by atoms with Gasteiger partial charge in [0, 0.05) is 12.3 Å². The normalized spacial score (nSPS) is 10.1. The van der Waals surface area contributed by atoms with Crippen molar-refractivity contribution in [3.05, 3.63) is 35.4 Å². The third kappa shape index (κ3) is 5.21. The number of hydrogen-bond donors (Lipinski definition) is 1. The van der Waals surface area contributed by atoms with Gasteiger partial charge in [-0.25, -0.2) is 0 Å². The van der Waals surface area contributed by atoms with Crippen LogP contribution in [0, 0.1) is 6.92 Å². The summed E-state index contributed by atoms with van der Waals surface area (Å²) in [5, 5.41) is 2.87. The number of thioether (sulfide) groups is 1. The van der Waals surface area contributed by atoms with E-state index in [0.717, 1.165) is 18.7 Å². The zero-order valence-corrected chi connectivity index (χ0v) is 10.8. The predicted molar refractivity (Wildman–Crippen MR) is 70.6 cm³/mol. The zero-order valence-electron chi connectivity index (χ0n) is 9.95. The summed E-state index contributed by atoms with van der Waals surface area (Å²) in [6, 6.07) is 8.41. The van der Waals surface area contributed by atoms with Gasteiger partial charge in [-0.1, -0.05) is 36.8 Å². The summed E-state index contributed by atoms with van der Waals surface area (Å²) in [5.41, 5.74) is 2.56. The molecule has 0 heterocycles. The summed E-state index contributed by atoms with van der Waals surface area (Å²) in [4.78, 5) is 11.3. The van der Waals surface area contributed by atoms with E-state index in [9.17, 15) is 4.79 Å². The third-order valence-electron chi connectivity index (χ3n) is 2.16. The number of aryl methyl sites for hydroxylation is 1. The van der Waals surface area contributed by atoms with E-state index in [4.69, 9.17) is 0 Å². The van der Waals surface area contributed by atoms with E-state index in [0.29, 0.717) is 5.75 Å². The maximum atomic E-state index is 11.3. The van der Waals surface area contributed by atoms with E-state index in [1.807, 2.05) is 0 Å². The first-order valence-electron chi connectivity index (χ1n) is 5.62. The Morgan fingerprint density at radius 1 is 1.44 bits per heavy atom. The Hall–Kier alpha value is -0.960. The van der Waals surface area contributed by atoms with Crippen molar-refractivity contribution in [1.29, 1.82) is 0 Å². The second-order valence-corrected chi connectivity index (χ2v) is 4.82. The van der Waals surface area contributed by atoms with Crippen LogP contribution in [0.3, 0.4) is 0 Å². The van der Waals surface area contributed by atoms with E-state index in [1.54, 1.807) is 11.8 Å². The average molecular weight is 237 g/mol. The van der Waals surface area contributed by atoms with Gasteiger partial charge in [0.25, 0.3) is 0 Å². The second kappa shape index (κ2) is 7.34. The molecular weight excluding hydrogens is 218 g/mol. The van der Waals surface area contributed by atoms with Crippen molar-refractivity contribution in [2.24, 2.45) is 0 Å². The maximum Gasteiger partial charge on any atom is 0.230 e. The molecule has 0 atom stereocenters. The van der Waals surface area contributed by atoms with Gasteiger partial charge in [-0.15, -0.1) is 11.8 Å². The number of amides is 1. The molecule has 0 fully saturated rings. The van der Waals surface area contributed by atoms with Crippen LogP contribution in [-0.2, 0) is 10.5 Å². The van der Waals surface area contributed by atoms with Crippen LogP contribution < -0.4 is 5.32 Å². The SMILES string of the molecule is CCCNC(=O)CSCc1cccc(C)c1. The van der Waals surface area contributed by atoms with Gasteiger partial charge in [0.2, 0.25) is 5.91 Å². The van der Waals surface area contributed by atoms with Gasteiger partial charge in [0.1, 0.15) is 0 Å². The molecule has 1 aromatic rings. The first-order valence-corrected chi connectivity index (χ1v) is 6.78. The molecule has 0 saturated carbocycles. The van der Waals surface area contributed by atoms with Crippen LogP contribution in [0.1, 0.15) is 24.5 Å². The molecule has 1 aromatic carbocycles. The van der Waals surface area contributed by atoms with Gasteiger partial charge in [0.05, 0.1) is 5.75 Å². The highest BCUT2D eigenvalue weighted by Crippen LogP contribution is 2.12. The van der Waals surface area contributed by atoms with Crippen molar-refractivity contribution in [2.45, 2.75) is 26.0 Å². The molecule has 0 aromatic heterocycles. The number of rotatable bonds is 6. The topological polar surface area (TPSA) is 29.1 Å². The highest BCUT2D eigenvalue weighted by Gasteiger charge is 2.00. The minimum Gasteiger partial charge on any atom is -0.355 e. The lowest BCUT2D eigenvalue weighted by Gasteiger charge is -2.04. The quantitative estimate of drug-likeness (QED) is 0.824. The van der Waals surface area contributed by atoms with Gasteiger partial charge < -0.3 is 5.32 Å². The van der Waals surface area contributed by atoms with E-state index in [2.05, 4.69) is 43.4 Å². The summed E-state index contributed by atoms with van der Waals surface area (Å²) in [7, 11) is 0. The van der Waals surface area contributed by atoms with Crippen LogP contribution in [0.2, 0.25) is 0 Å². The highest BCUT2D eigenvalue weighted by atomic mass is 32.2. The molecule has 3 heteroatoms. The van der Waals surface area contributed by atoms with E-state index in [1.165, 1.54) is 11.1 Å². The first-order chi connectivity index (χ1) is 7.72. The monoisotopic (exact) mass is 237 g/mol. The fraction of sp³-hybridized carbons (Fsp3) is 0.462. The van der Waals surface area contributed by atoms with Crippen LogP contribution in [0.25, 0.3) is 0 Å². The van der Waals surface area contributed by atoms with Gasteiger partial charge in [0.15, 0.2) is 0 Å². The molecule has 16 heavy (non-hydrogen) atoms. The van der Waals surface area contributed by atoms with Crippen LogP contribution in [0.4, 0.5) is 0 Å². The van der Waals surface area contributed by atoms with Crippen LogP contribution in [0.15, 0.2) is 24.3 Å². The van der Waals surface area contributed by atoms with Crippen LogP contribution in [0.5, 0.6) is 0 Å². The highest BCUT2D eigenvalue weighted by molar-refractivity contribution is 7.99. The minimum absolute atomic E-state index is 0.138. The van der Waals surface area contributed by atoms with Gasteiger partial charge >= 0.3 is 0 Å². The molecule has 0 spiro atoms. The minimum atomic E-state index is 0.138. The Kier molecular flexibility index (Phi) is 6.01. The molecule has 0 aliphatic carbocycles. The molecule has 1 rings (SSSR count). The standard InChI is InChI=1S/C13H19NOS/c1-3-7-14-13(15)10-16-9-12-6-4-5-11(2)8-12/h4-6,8H,3,7,9-10H2,1-2H3,(H,14,15).